The van der Waals surface area contributed by atoms with Gasteiger partial charge in [0, 0.05) is 13.1 Å². The van der Waals surface area contributed by atoms with Gasteiger partial charge < -0.3 is 5.32 Å². The second-order valence-corrected chi connectivity index (χ2v) is 7.27. The topological polar surface area (TPSA) is 110 Å². The highest BCUT2D eigenvalue weighted by Gasteiger charge is 2.29. The number of thioether (sulfide) groups is 2. The fourth-order valence-electron chi connectivity index (χ4n) is 2.31. The van der Waals surface area contributed by atoms with Crippen molar-refractivity contribution in [2.75, 3.05) is 24.6 Å². The van der Waals surface area contributed by atoms with E-state index in [1.807, 2.05) is 31.2 Å². The number of hydrogen-bond acceptors (Lipinski definition) is 8. The van der Waals surface area contributed by atoms with Gasteiger partial charge in [0.2, 0.25) is 17.0 Å². The predicted octanol–water partition coefficient (Wildman–Crippen LogP) is 0.874. The van der Waals surface area contributed by atoms with Crippen LogP contribution < -0.4 is 5.32 Å². The number of nitrogens with zero attached hydrogens (tertiary/aromatic N) is 5. The molecule has 1 saturated heterocycles. The zero-order valence-electron chi connectivity index (χ0n) is 13.9. The minimum Gasteiger partial charge on any atom is -0.354 e. The number of amides is 3. The SMILES string of the molecule is Cc1ccccc1-n1nnnc1SCC(=O)NCCN1C(=O)CSC1=O. The first kappa shape index (κ1) is 18.4. The monoisotopic (exact) mass is 392 g/mol. The molecule has 3 rings (SSSR count). The van der Waals surface area contributed by atoms with Crippen LogP contribution in [0.3, 0.4) is 0 Å². The largest absolute Gasteiger partial charge is 0.354 e. The van der Waals surface area contributed by atoms with Crippen molar-refractivity contribution >= 4 is 40.6 Å². The smallest absolute Gasteiger partial charge is 0.288 e. The molecule has 3 amide bonds. The van der Waals surface area contributed by atoms with E-state index in [-0.39, 0.29) is 41.6 Å². The Morgan fingerprint density at radius 1 is 1.35 bits per heavy atom. The quantitative estimate of drug-likeness (QED) is 0.691. The van der Waals surface area contributed by atoms with Crippen LogP contribution in [0, 0.1) is 6.92 Å². The molecule has 0 aliphatic carbocycles. The fourth-order valence-corrected chi connectivity index (χ4v) is 3.77. The molecule has 11 heteroatoms. The molecule has 0 atom stereocenters. The second kappa shape index (κ2) is 8.32. The third kappa shape index (κ3) is 4.22. The second-order valence-electron chi connectivity index (χ2n) is 5.40. The number of tetrazole rings is 1. The van der Waals surface area contributed by atoms with Crippen LogP contribution in [0.2, 0.25) is 0 Å². The lowest BCUT2D eigenvalue weighted by molar-refractivity contribution is -0.125. The van der Waals surface area contributed by atoms with E-state index in [2.05, 4.69) is 20.8 Å². The van der Waals surface area contributed by atoms with Gasteiger partial charge in [0.05, 0.1) is 17.2 Å². The Balaban J connectivity index is 1.50. The van der Waals surface area contributed by atoms with Crippen molar-refractivity contribution in [2.24, 2.45) is 0 Å². The van der Waals surface area contributed by atoms with E-state index in [0.29, 0.717) is 5.16 Å². The molecule has 9 nitrogen and oxygen atoms in total. The Kier molecular flexibility index (Phi) is 5.89. The molecule has 0 saturated carbocycles. The van der Waals surface area contributed by atoms with Gasteiger partial charge in [-0.25, -0.2) is 0 Å². The number of para-hydroxylation sites is 1. The number of carbonyl (C=O) groups is 3. The zero-order chi connectivity index (χ0) is 18.5. The Bertz CT molecular complexity index is 824. The number of aromatic nitrogens is 4. The molecular weight excluding hydrogens is 376 g/mol. The minimum atomic E-state index is -0.268. The fraction of sp³-hybridized carbons (Fsp3) is 0.333. The molecule has 0 spiro atoms. The van der Waals surface area contributed by atoms with Crippen LogP contribution >= 0.6 is 23.5 Å². The van der Waals surface area contributed by atoms with Crippen LogP contribution in [0.4, 0.5) is 4.79 Å². The maximum atomic E-state index is 12.0. The summed E-state index contributed by atoms with van der Waals surface area (Å²) in [5.41, 5.74) is 1.87. The minimum absolute atomic E-state index is 0.128. The normalized spacial score (nSPS) is 14.1. The summed E-state index contributed by atoms with van der Waals surface area (Å²) in [6.07, 6.45) is 0. The standard InChI is InChI=1S/C15H16N6O3S2/c1-10-4-2-3-5-11(10)21-14(17-18-19-21)25-8-12(22)16-6-7-20-13(23)9-26-15(20)24/h2-5H,6-9H2,1H3,(H,16,22). The summed E-state index contributed by atoms with van der Waals surface area (Å²) in [5, 5.41) is 14.5. The first-order valence-electron chi connectivity index (χ1n) is 7.77. The number of rotatable bonds is 7. The van der Waals surface area contributed by atoms with Crippen LogP contribution in [0.1, 0.15) is 5.56 Å². The number of nitrogens with one attached hydrogen (secondary N) is 1. The van der Waals surface area contributed by atoms with Gasteiger partial charge in [-0.3, -0.25) is 19.3 Å². The highest BCUT2D eigenvalue weighted by molar-refractivity contribution is 8.14. The van der Waals surface area contributed by atoms with Crippen LogP contribution in [-0.4, -0.2) is 66.8 Å². The van der Waals surface area contributed by atoms with Gasteiger partial charge in [0.25, 0.3) is 5.24 Å². The summed E-state index contributed by atoms with van der Waals surface area (Å²) in [5.74, 6) is -0.144. The third-order valence-electron chi connectivity index (χ3n) is 3.62. The van der Waals surface area contributed by atoms with Crippen molar-refractivity contribution in [1.29, 1.82) is 0 Å². The lowest BCUT2D eigenvalue weighted by Crippen LogP contribution is -2.38. The number of carbonyl (C=O) groups excluding carboxylic acids is 3. The molecule has 0 bridgehead atoms. The molecule has 1 aromatic heterocycles. The summed E-state index contributed by atoms with van der Waals surface area (Å²) < 4.78 is 1.59. The van der Waals surface area contributed by atoms with Gasteiger partial charge in [0.15, 0.2) is 0 Å². The van der Waals surface area contributed by atoms with E-state index in [1.165, 1.54) is 11.8 Å². The highest BCUT2D eigenvalue weighted by Crippen LogP contribution is 2.20. The number of aryl methyl sites for hydroxylation is 1. The van der Waals surface area contributed by atoms with Crippen molar-refractivity contribution in [3.05, 3.63) is 29.8 Å². The highest BCUT2D eigenvalue weighted by atomic mass is 32.2. The molecule has 2 heterocycles. The maximum absolute atomic E-state index is 12.0. The zero-order valence-corrected chi connectivity index (χ0v) is 15.5. The van der Waals surface area contributed by atoms with Crippen molar-refractivity contribution in [2.45, 2.75) is 12.1 Å². The van der Waals surface area contributed by atoms with E-state index in [1.54, 1.807) is 4.68 Å². The molecule has 136 valence electrons. The average molecular weight is 392 g/mol. The molecule has 1 aromatic carbocycles. The van der Waals surface area contributed by atoms with Crippen molar-refractivity contribution in [3.63, 3.8) is 0 Å². The van der Waals surface area contributed by atoms with Crippen molar-refractivity contribution < 1.29 is 14.4 Å². The molecule has 1 aliphatic heterocycles. The van der Waals surface area contributed by atoms with Gasteiger partial charge >= 0.3 is 0 Å². The molecule has 0 radical (unpaired) electrons. The summed E-state index contributed by atoms with van der Waals surface area (Å²) >= 11 is 2.19. The molecule has 2 aromatic rings. The van der Waals surface area contributed by atoms with Crippen LogP contribution in [-0.2, 0) is 9.59 Å². The van der Waals surface area contributed by atoms with Crippen LogP contribution in [0.15, 0.2) is 29.4 Å². The van der Waals surface area contributed by atoms with Gasteiger partial charge in [-0.2, -0.15) is 4.68 Å². The summed E-state index contributed by atoms with van der Waals surface area (Å²) in [7, 11) is 0. The average Bonchev–Trinajstić information content (AvgIpc) is 3.21. The first-order valence-corrected chi connectivity index (χ1v) is 9.74. The maximum Gasteiger partial charge on any atom is 0.288 e. The molecule has 1 fully saturated rings. The molecular formula is C15H16N6O3S2. The van der Waals surface area contributed by atoms with E-state index in [9.17, 15) is 14.4 Å². The summed E-state index contributed by atoms with van der Waals surface area (Å²) in [6, 6.07) is 7.68. The van der Waals surface area contributed by atoms with E-state index >= 15 is 0 Å². The molecule has 1 aliphatic rings. The number of benzene rings is 1. The molecule has 0 unspecified atom stereocenters. The van der Waals surface area contributed by atoms with E-state index < -0.39 is 0 Å². The molecule has 1 N–H and O–H groups in total. The third-order valence-corrected chi connectivity index (χ3v) is 5.39. The lowest BCUT2D eigenvalue weighted by Gasteiger charge is -2.13. The number of hydrogen-bond donors (Lipinski definition) is 1. The van der Waals surface area contributed by atoms with Gasteiger partial charge in [-0.1, -0.05) is 41.7 Å². The molecule has 26 heavy (non-hydrogen) atoms. The Labute approximate surface area is 157 Å². The van der Waals surface area contributed by atoms with Gasteiger partial charge in [-0.15, -0.1) is 5.10 Å². The predicted molar refractivity (Wildman–Crippen MR) is 97.2 cm³/mol. The Morgan fingerprint density at radius 3 is 2.88 bits per heavy atom. The number of imide groups is 1. The van der Waals surface area contributed by atoms with Gasteiger partial charge in [0.1, 0.15) is 0 Å². The van der Waals surface area contributed by atoms with Crippen LogP contribution in [0.25, 0.3) is 5.69 Å². The van der Waals surface area contributed by atoms with Crippen LogP contribution in [0.5, 0.6) is 0 Å². The summed E-state index contributed by atoms with van der Waals surface area (Å²) in [6.45, 7) is 2.36. The Hall–Kier alpha value is -2.40. The van der Waals surface area contributed by atoms with Gasteiger partial charge in [-0.05, 0) is 29.0 Å². The lowest BCUT2D eigenvalue weighted by atomic mass is 10.2. The van der Waals surface area contributed by atoms with Crippen molar-refractivity contribution in [1.82, 2.24) is 30.4 Å². The Morgan fingerprint density at radius 2 is 2.15 bits per heavy atom. The summed E-state index contributed by atoms with van der Waals surface area (Å²) in [4.78, 5) is 36.1. The first-order chi connectivity index (χ1) is 12.6. The van der Waals surface area contributed by atoms with E-state index in [4.69, 9.17) is 0 Å². The van der Waals surface area contributed by atoms with E-state index in [0.717, 1.165) is 27.9 Å². The van der Waals surface area contributed by atoms with Crippen molar-refractivity contribution in [3.8, 4) is 5.69 Å².